The average molecular weight is 473 g/mol. The lowest BCUT2D eigenvalue weighted by Gasteiger charge is -2.23. The van der Waals surface area contributed by atoms with Crippen molar-refractivity contribution in [2.45, 2.75) is 92.2 Å². The first-order valence-electron chi connectivity index (χ1n) is 13.2. The molecule has 0 aliphatic heterocycles. The summed E-state index contributed by atoms with van der Waals surface area (Å²) in [5.74, 6) is -0.0727. The van der Waals surface area contributed by atoms with E-state index in [0.29, 0.717) is 37.2 Å². The number of aromatic nitrogens is 2. The first-order chi connectivity index (χ1) is 16.5. The molecule has 0 atom stereocenters. The predicted octanol–water partition coefficient (Wildman–Crippen LogP) is 4.66. The summed E-state index contributed by atoms with van der Waals surface area (Å²) in [7, 11) is 0. The van der Waals surface area contributed by atoms with Gasteiger partial charge in [0.05, 0.1) is 11.0 Å². The van der Waals surface area contributed by atoms with Gasteiger partial charge >= 0.3 is 5.69 Å². The van der Waals surface area contributed by atoms with Crippen LogP contribution >= 0.6 is 0 Å². The van der Waals surface area contributed by atoms with Gasteiger partial charge in [-0.25, -0.2) is 4.79 Å². The van der Waals surface area contributed by atoms with Crippen LogP contribution in [-0.4, -0.2) is 56.9 Å². The zero-order chi connectivity index (χ0) is 24.9. The molecule has 0 bridgehead atoms. The summed E-state index contributed by atoms with van der Waals surface area (Å²) < 4.78 is 3.08. The molecular weight excluding hydrogens is 428 g/mol. The number of hydrogen-bond donors (Lipinski definition) is 0. The van der Waals surface area contributed by atoms with Crippen molar-refractivity contribution in [2.24, 2.45) is 0 Å². The summed E-state index contributed by atoms with van der Waals surface area (Å²) in [6.45, 7) is 11.3. The molecule has 34 heavy (non-hydrogen) atoms. The van der Waals surface area contributed by atoms with Crippen LogP contribution in [-0.2, 0) is 22.7 Å². The van der Waals surface area contributed by atoms with E-state index in [4.69, 9.17) is 0 Å². The molecule has 0 N–H and O–H groups in total. The maximum Gasteiger partial charge on any atom is 0.330 e. The molecule has 1 aromatic heterocycles. The lowest BCUT2D eigenvalue weighted by molar-refractivity contribution is -0.132. The van der Waals surface area contributed by atoms with Crippen LogP contribution in [0.3, 0.4) is 0 Å². The van der Waals surface area contributed by atoms with Gasteiger partial charge in [0, 0.05) is 26.2 Å². The molecular formula is C27H44N4O3. The Bertz CT molecular complexity index is 872. The third-order valence-electron chi connectivity index (χ3n) is 6.34. The average Bonchev–Trinajstić information content (AvgIpc) is 3.10. The van der Waals surface area contributed by atoms with E-state index < -0.39 is 0 Å². The maximum atomic E-state index is 13.4. The number of carbonyl (C=O) groups is 2. The summed E-state index contributed by atoms with van der Waals surface area (Å²) in [6, 6.07) is 7.46. The Morgan fingerprint density at radius 2 is 0.971 bits per heavy atom. The monoisotopic (exact) mass is 472 g/mol. The lowest BCUT2D eigenvalue weighted by Crippen LogP contribution is -2.40. The fraction of sp³-hybridized carbons (Fsp3) is 0.667. The van der Waals surface area contributed by atoms with Crippen molar-refractivity contribution in [2.75, 3.05) is 26.2 Å². The number of hydrogen-bond acceptors (Lipinski definition) is 3. The number of amides is 2. The first-order valence-corrected chi connectivity index (χ1v) is 13.2. The van der Waals surface area contributed by atoms with Crippen LogP contribution in [0.15, 0.2) is 29.1 Å². The Hall–Kier alpha value is -2.57. The minimum atomic E-state index is -0.292. The molecule has 7 nitrogen and oxygen atoms in total. The molecule has 0 fully saturated rings. The van der Waals surface area contributed by atoms with Gasteiger partial charge in [0.1, 0.15) is 13.1 Å². The van der Waals surface area contributed by atoms with Crippen LogP contribution in [0.4, 0.5) is 0 Å². The number of benzene rings is 1. The van der Waals surface area contributed by atoms with Crippen molar-refractivity contribution in [1.82, 2.24) is 18.9 Å². The highest BCUT2D eigenvalue weighted by atomic mass is 16.2. The molecule has 7 heteroatoms. The standard InChI is InChI=1S/C27H44N4O3/c1-5-9-17-28(18-10-6-2)25(32)21-30-23-15-13-14-16-24(23)31(27(30)34)22-26(33)29(19-11-7-3)20-12-8-4/h13-16H,5-12,17-22H2,1-4H3. The molecule has 0 aliphatic rings. The third kappa shape index (κ3) is 7.47. The Morgan fingerprint density at radius 3 is 1.26 bits per heavy atom. The second-order valence-corrected chi connectivity index (χ2v) is 9.12. The molecule has 1 heterocycles. The lowest BCUT2D eigenvalue weighted by atomic mass is 10.2. The number of imidazole rings is 1. The van der Waals surface area contributed by atoms with Gasteiger partial charge in [-0.3, -0.25) is 18.7 Å². The van der Waals surface area contributed by atoms with Gasteiger partial charge in [-0.1, -0.05) is 65.5 Å². The Kier molecular flexibility index (Phi) is 11.9. The highest BCUT2D eigenvalue weighted by Gasteiger charge is 2.21. The molecule has 190 valence electrons. The third-order valence-corrected chi connectivity index (χ3v) is 6.34. The van der Waals surface area contributed by atoms with Crippen molar-refractivity contribution in [3.05, 3.63) is 34.7 Å². The van der Waals surface area contributed by atoms with Gasteiger partial charge in [-0.15, -0.1) is 0 Å². The minimum Gasteiger partial charge on any atom is -0.341 e. The van der Waals surface area contributed by atoms with E-state index in [9.17, 15) is 14.4 Å². The first kappa shape index (κ1) is 27.7. The predicted molar refractivity (Wildman–Crippen MR) is 139 cm³/mol. The highest BCUT2D eigenvalue weighted by Crippen LogP contribution is 2.14. The molecule has 2 amide bonds. The van der Waals surface area contributed by atoms with Crippen molar-refractivity contribution in [3.63, 3.8) is 0 Å². The van der Waals surface area contributed by atoms with Crippen molar-refractivity contribution < 1.29 is 9.59 Å². The zero-order valence-electron chi connectivity index (χ0n) is 21.7. The zero-order valence-corrected chi connectivity index (χ0v) is 21.7. The Morgan fingerprint density at radius 1 is 0.647 bits per heavy atom. The molecule has 1 aromatic carbocycles. The maximum absolute atomic E-state index is 13.4. The number of carbonyl (C=O) groups excluding carboxylic acids is 2. The number of rotatable bonds is 16. The molecule has 2 aromatic rings. The van der Waals surface area contributed by atoms with Gasteiger partial charge in [0.2, 0.25) is 11.8 Å². The Balaban J connectivity index is 2.32. The van der Waals surface area contributed by atoms with Gasteiger partial charge in [0.25, 0.3) is 0 Å². The van der Waals surface area contributed by atoms with Gasteiger partial charge in [-0.05, 0) is 37.8 Å². The summed E-state index contributed by atoms with van der Waals surface area (Å²) in [6.07, 6.45) is 7.87. The molecule has 0 saturated heterocycles. The van der Waals surface area contributed by atoms with E-state index in [1.165, 1.54) is 9.13 Å². The SMILES string of the molecule is CCCCN(CCCC)C(=O)Cn1c(=O)n(CC(=O)N(CCCC)CCCC)c2ccccc21. The molecule has 0 spiro atoms. The van der Waals surface area contributed by atoms with E-state index in [1.54, 1.807) is 0 Å². The molecule has 0 radical (unpaired) electrons. The van der Waals surface area contributed by atoms with Gasteiger partial charge in [0.15, 0.2) is 0 Å². The summed E-state index contributed by atoms with van der Waals surface area (Å²) in [5, 5.41) is 0. The van der Waals surface area contributed by atoms with Crippen molar-refractivity contribution >= 4 is 22.8 Å². The van der Waals surface area contributed by atoms with Crippen molar-refractivity contribution in [3.8, 4) is 0 Å². The van der Waals surface area contributed by atoms with E-state index in [-0.39, 0.29) is 30.6 Å². The van der Waals surface area contributed by atoms with E-state index in [1.807, 2.05) is 34.1 Å². The summed E-state index contributed by atoms with van der Waals surface area (Å²) in [4.78, 5) is 43.6. The number of para-hydroxylation sites is 2. The molecule has 0 aliphatic carbocycles. The van der Waals surface area contributed by atoms with Crippen LogP contribution in [0.25, 0.3) is 11.0 Å². The molecule has 2 rings (SSSR count). The second kappa shape index (κ2) is 14.6. The van der Waals surface area contributed by atoms with Gasteiger partial charge in [-0.2, -0.15) is 0 Å². The molecule has 0 unspecified atom stereocenters. The van der Waals surface area contributed by atoms with E-state index >= 15 is 0 Å². The topological polar surface area (TPSA) is 67.5 Å². The quantitative estimate of drug-likeness (QED) is 0.357. The molecule has 0 saturated carbocycles. The summed E-state index contributed by atoms with van der Waals surface area (Å²) in [5.41, 5.74) is 1.11. The van der Waals surface area contributed by atoms with Crippen molar-refractivity contribution in [1.29, 1.82) is 0 Å². The van der Waals surface area contributed by atoms with Crippen LogP contribution in [0.5, 0.6) is 0 Å². The highest BCUT2D eigenvalue weighted by molar-refractivity contribution is 5.83. The normalized spacial score (nSPS) is 11.2. The fourth-order valence-electron chi connectivity index (χ4n) is 4.17. The fourth-order valence-corrected chi connectivity index (χ4v) is 4.17. The number of fused-ring (bicyclic) bond motifs is 1. The van der Waals surface area contributed by atoms with Gasteiger partial charge < -0.3 is 9.80 Å². The number of unbranched alkanes of at least 4 members (excludes halogenated alkanes) is 4. The van der Waals surface area contributed by atoms with Crippen LogP contribution in [0.1, 0.15) is 79.1 Å². The smallest absolute Gasteiger partial charge is 0.330 e. The van der Waals surface area contributed by atoms with Crippen LogP contribution in [0.2, 0.25) is 0 Å². The summed E-state index contributed by atoms with van der Waals surface area (Å²) >= 11 is 0. The minimum absolute atomic E-state index is 0.00332. The van der Waals surface area contributed by atoms with Crippen LogP contribution < -0.4 is 5.69 Å². The van der Waals surface area contributed by atoms with E-state index in [2.05, 4.69) is 27.7 Å². The largest absolute Gasteiger partial charge is 0.341 e. The van der Waals surface area contributed by atoms with Crippen LogP contribution in [0, 0.1) is 0 Å². The second-order valence-electron chi connectivity index (χ2n) is 9.12. The Labute approximate surface area is 204 Å². The van der Waals surface area contributed by atoms with E-state index in [0.717, 1.165) is 51.4 Å². The number of nitrogens with zero attached hydrogens (tertiary/aromatic N) is 4.